The SMILES string of the molecule is COC(=O)C1(COC2CCC3(CC2)OCCO3)CC1. The molecule has 1 heterocycles. The lowest BCUT2D eigenvalue weighted by molar-refractivity contribution is -0.193. The van der Waals surface area contributed by atoms with E-state index in [-0.39, 0.29) is 23.3 Å². The first-order valence-corrected chi connectivity index (χ1v) is 7.16. The van der Waals surface area contributed by atoms with Gasteiger partial charge in [0.05, 0.1) is 38.4 Å². The zero-order valence-electron chi connectivity index (χ0n) is 11.5. The van der Waals surface area contributed by atoms with Crippen molar-refractivity contribution in [2.75, 3.05) is 26.9 Å². The van der Waals surface area contributed by atoms with Crippen LogP contribution in [0.1, 0.15) is 38.5 Å². The Labute approximate surface area is 113 Å². The second-order valence-electron chi connectivity index (χ2n) is 5.89. The van der Waals surface area contributed by atoms with E-state index in [1.54, 1.807) is 0 Å². The molecule has 0 aromatic heterocycles. The Morgan fingerprint density at radius 1 is 1.16 bits per heavy atom. The molecular weight excluding hydrogens is 248 g/mol. The van der Waals surface area contributed by atoms with E-state index in [4.69, 9.17) is 18.9 Å². The van der Waals surface area contributed by atoms with Crippen LogP contribution in [0.15, 0.2) is 0 Å². The Hall–Kier alpha value is -0.650. The Morgan fingerprint density at radius 3 is 2.32 bits per heavy atom. The van der Waals surface area contributed by atoms with Crippen molar-refractivity contribution in [3.05, 3.63) is 0 Å². The van der Waals surface area contributed by atoms with Crippen molar-refractivity contribution >= 4 is 5.97 Å². The predicted molar refractivity (Wildman–Crippen MR) is 66.5 cm³/mol. The van der Waals surface area contributed by atoms with E-state index in [9.17, 15) is 4.79 Å². The van der Waals surface area contributed by atoms with E-state index in [2.05, 4.69) is 0 Å². The highest BCUT2D eigenvalue weighted by Gasteiger charge is 2.52. The van der Waals surface area contributed by atoms with Gasteiger partial charge in [0, 0.05) is 12.8 Å². The van der Waals surface area contributed by atoms with Gasteiger partial charge >= 0.3 is 5.97 Å². The maximum absolute atomic E-state index is 11.6. The van der Waals surface area contributed by atoms with E-state index >= 15 is 0 Å². The fourth-order valence-electron chi connectivity index (χ4n) is 3.04. The third-order valence-corrected chi connectivity index (χ3v) is 4.58. The van der Waals surface area contributed by atoms with Crippen LogP contribution in [0.5, 0.6) is 0 Å². The van der Waals surface area contributed by atoms with Gasteiger partial charge in [-0.1, -0.05) is 0 Å². The number of esters is 1. The summed E-state index contributed by atoms with van der Waals surface area (Å²) in [7, 11) is 1.45. The van der Waals surface area contributed by atoms with Gasteiger partial charge in [-0.05, 0) is 25.7 Å². The highest BCUT2D eigenvalue weighted by molar-refractivity contribution is 5.79. The summed E-state index contributed by atoms with van der Waals surface area (Å²) in [5.41, 5.74) is -0.343. The lowest BCUT2D eigenvalue weighted by Crippen LogP contribution is -2.38. The zero-order chi connectivity index (χ0) is 13.3. The normalized spacial score (nSPS) is 28.5. The molecule has 3 aliphatic rings. The van der Waals surface area contributed by atoms with Crippen LogP contribution in [0.4, 0.5) is 0 Å². The standard InChI is InChI=1S/C14H22O5/c1-16-12(15)13(6-7-13)10-17-11-2-4-14(5-3-11)18-8-9-19-14/h11H,2-10H2,1H3. The molecule has 1 aliphatic heterocycles. The molecule has 19 heavy (non-hydrogen) atoms. The monoisotopic (exact) mass is 270 g/mol. The average Bonchev–Trinajstić information content (AvgIpc) is 3.12. The van der Waals surface area contributed by atoms with Crippen molar-refractivity contribution < 1.29 is 23.7 Å². The van der Waals surface area contributed by atoms with Gasteiger partial charge in [-0.2, -0.15) is 0 Å². The summed E-state index contributed by atoms with van der Waals surface area (Å²) in [6.07, 6.45) is 5.67. The largest absolute Gasteiger partial charge is 0.469 e. The molecule has 0 radical (unpaired) electrons. The van der Waals surface area contributed by atoms with E-state index in [1.807, 2.05) is 0 Å². The zero-order valence-corrected chi connectivity index (χ0v) is 11.5. The van der Waals surface area contributed by atoms with Crippen molar-refractivity contribution in [2.45, 2.75) is 50.4 Å². The van der Waals surface area contributed by atoms with Crippen LogP contribution in [0.25, 0.3) is 0 Å². The Balaban J connectivity index is 1.44. The smallest absolute Gasteiger partial charge is 0.314 e. The van der Waals surface area contributed by atoms with Gasteiger partial charge < -0.3 is 18.9 Å². The van der Waals surface area contributed by atoms with Gasteiger partial charge in [-0.25, -0.2) is 0 Å². The van der Waals surface area contributed by atoms with Gasteiger partial charge in [-0.3, -0.25) is 4.79 Å². The van der Waals surface area contributed by atoms with Crippen LogP contribution in [0, 0.1) is 5.41 Å². The van der Waals surface area contributed by atoms with E-state index in [0.29, 0.717) is 19.8 Å². The molecule has 5 nitrogen and oxygen atoms in total. The number of carbonyl (C=O) groups is 1. The number of hydrogen-bond donors (Lipinski definition) is 0. The summed E-state index contributed by atoms with van der Waals surface area (Å²) in [6, 6.07) is 0. The molecule has 2 aliphatic carbocycles. The van der Waals surface area contributed by atoms with Crippen LogP contribution < -0.4 is 0 Å². The van der Waals surface area contributed by atoms with Crippen molar-refractivity contribution in [1.82, 2.24) is 0 Å². The lowest BCUT2D eigenvalue weighted by atomic mass is 9.91. The molecule has 0 aromatic rings. The molecule has 2 saturated carbocycles. The van der Waals surface area contributed by atoms with Gasteiger partial charge in [0.1, 0.15) is 0 Å². The molecule has 1 spiro atoms. The molecule has 3 rings (SSSR count). The fourth-order valence-corrected chi connectivity index (χ4v) is 3.04. The minimum atomic E-state index is -0.343. The summed E-state index contributed by atoms with van der Waals surface area (Å²) in [5.74, 6) is -0.457. The topological polar surface area (TPSA) is 54.0 Å². The minimum absolute atomic E-state index is 0.123. The number of rotatable bonds is 4. The second-order valence-corrected chi connectivity index (χ2v) is 5.89. The Bertz CT molecular complexity index is 334. The molecule has 3 fully saturated rings. The van der Waals surface area contributed by atoms with Crippen molar-refractivity contribution in [3.63, 3.8) is 0 Å². The summed E-state index contributed by atoms with van der Waals surface area (Å²) >= 11 is 0. The molecule has 0 aromatic carbocycles. The predicted octanol–water partition coefficient (Wildman–Crippen LogP) is 1.64. The summed E-state index contributed by atoms with van der Waals surface area (Å²) in [6.45, 7) is 1.91. The molecule has 5 heteroatoms. The molecular formula is C14H22O5. The average molecular weight is 270 g/mol. The Morgan fingerprint density at radius 2 is 1.79 bits per heavy atom. The van der Waals surface area contributed by atoms with E-state index in [0.717, 1.165) is 38.5 Å². The van der Waals surface area contributed by atoms with Gasteiger partial charge in [0.15, 0.2) is 5.79 Å². The van der Waals surface area contributed by atoms with E-state index < -0.39 is 0 Å². The van der Waals surface area contributed by atoms with Gasteiger partial charge in [-0.15, -0.1) is 0 Å². The molecule has 108 valence electrons. The molecule has 1 saturated heterocycles. The second kappa shape index (κ2) is 5.04. The number of methoxy groups -OCH3 is 1. The maximum Gasteiger partial charge on any atom is 0.314 e. The first-order chi connectivity index (χ1) is 9.18. The number of hydrogen-bond acceptors (Lipinski definition) is 5. The molecule has 0 unspecified atom stereocenters. The van der Waals surface area contributed by atoms with E-state index in [1.165, 1.54) is 7.11 Å². The van der Waals surface area contributed by atoms with Crippen molar-refractivity contribution in [1.29, 1.82) is 0 Å². The third kappa shape index (κ3) is 2.64. The van der Waals surface area contributed by atoms with Gasteiger partial charge in [0.25, 0.3) is 0 Å². The van der Waals surface area contributed by atoms with Crippen LogP contribution in [0.3, 0.4) is 0 Å². The van der Waals surface area contributed by atoms with Crippen LogP contribution in [-0.2, 0) is 23.7 Å². The summed E-state index contributed by atoms with van der Waals surface area (Å²) in [4.78, 5) is 11.6. The van der Waals surface area contributed by atoms with Crippen LogP contribution in [-0.4, -0.2) is 44.8 Å². The maximum atomic E-state index is 11.6. The number of carbonyl (C=O) groups excluding carboxylic acids is 1. The molecule has 0 bridgehead atoms. The Kier molecular flexibility index (Phi) is 3.53. The lowest BCUT2D eigenvalue weighted by Gasteiger charge is -2.35. The summed E-state index contributed by atoms with van der Waals surface area (Å²) < 4.78 is 22.1. The molecule has 0 amide bonds. The number of ether oxygens (including phenoxy) is 4. The quantitative estimate of drug-likeness (QED) is 0.727. The molecule has 0 atom stereocenters. The first-order valence-electron chi connectivity index (χ1n) is 7.16. The van der Waals surface area contributed by atoms with Crippen LogP contribution in [0.2, 0.25) is 0 Å². The third-order valence-electron chi connectivity index (χ3n) is 4.58. The van der Waals surface area contributed by atoms with Crippen molar-refractivity contribution in [3.8, 4) is 0 Å². The van der Waals surface area contributed by atoms with Crippen molar-refractivity contribution in [2.24, 2.45) is 5.41 Å². The molecule has 0 N–H and O–H groups in total. The van der Waals surface area contributed by atoms with Gasteiger partial charge in [0.2, 0.25) is 0 Å². The highest BCUT2D eigenvalue weighted by Crippen LogP contribution is 2.47. The first kappa shape index (κ1) is 13.3. The fraction of sp³-hybridized carbons (Fsp3) is 0.929. The highest BCUT2D eigenvalue weighted by atomic mass is 16.7. The minimum Gasteiger partial charge on any atom is -0.469 e. The van der Waals surface area contributed by atoms with Crippen LogP contribution >= 0.6 is 0 Å². The summed E-state index contributed by atoms with van der Waals surface area (Å²) in [5, 5.41) is 0.